The number of ether oxygens (including phenoxy) is 1. The van der Waals surface area contributed by atoms with Crippen molar-refractivity contribution in [3.63, 3.8) is 0 Å². The standard InChI is InChI=1S/C31H25ClN4O5/c1-2-41-29(39)16-7-10-19(11-8-16)36-27(37)25-24(13-17-15-33-22-6-4-3-5-20(17)22)35-31(26(25)28(36)38)21-14-18(32)9-12-23(21)34-30(31)40/h3-12,14-15,24-26,33,35H,2,13H2,1H3,(H,34,40)/t24-,25-,26-,31+/m0/s1. The van der Waals surface area contributed by atoms with E-state index < -0.39 is 47.1 Å². The third kappa shape index (κ3) is 3.66. The third-order valence-electron chi connectivity index (χ3n) is 8.43. The fraction of sp³-hybridized carbons (Fsp3) is 0.226. The van der Waals surface area contributed by atoms with E-state index in [1.165, 1.54) is 12.1 Å². The maximum atomic E-state index is 14.2. The van der Waals surface area contributed by atoms with Crippen LogP contribution in [-0.4, -0.2) is 41.3 Å². The molecule has 4 heterocycles. The third-order valence-corrected chi connectivity index (χ3v) is 8.66. The zero-order chi connectivity index (χ0) is 28.5. The van der Waals surface area contributed by atoms with E-state index in [9.17, 15) is 19.2 Å². The molecule has 1 aromatic heterocycles. The number of carbonyl (C=O) groups excluding carboxylic acids is 4. The average molecular weight is 569 g/mol. The number of anilines is 2. The van der Waals surface area contributed by atoms with E-state index in [0.29, 0.717) is 33.9 Å². The Morgan fingerprint density at radius 2 is 1.80 bits per heavy atom. The number of halogens is 1. The Hall–Kier alpha value is -4.47. The number of esters is 1. The number of benzene rings is 3. The van der Waals surface area contributed by atoms with Crippen LogP contribution in [0.4, 0.5) is 11.4 Å². The first kappa shape index (κ1) is 25.5. The van der Waals surface area contributed by atoms with Gasteiger partial charge in [0.05, 0.1) is 29.7 Å². The van der Waals surface area contributed by atoms with Gasteiger partial charge in [0.1, 0.15) is 5.54 Å². The summed E-state index contributed by atoms with van der Waals surface area (Å²) in [6.07, 6.45) is 2.31. The molecule has 1 spiro atoms. The molecule has 2 fully saturated rings. The van der Waals surface area contributed by atoms with Gasteiger partial charge in [-0.1, -0.05) is 29.8 Å². The molecule has 3 aliphatic heterocycles. The summed E-state index contributed by atoms with van der Waals surface area (Å²) in [6, 6.07) is 18.5. The first-order chi connectivity index (χ1) is 19.8. The Labute approximate surface area is 239 Å². The van der Waals surface area contributed by atoms with Gasteiger partial charge in [0.15, 0.2) is 0 Å². The molecule has 0 aliphatic carbocycles. The fourth-order valence-corrected chi connectivity index (χ4v) is 6.87. The molecule has 7 rings (SSSR count). The SMILES string of the molecule is CCOC(=O)c1ccc(N2C(=O)[C@H]3[C@H](Cc4c[nH]c5ccccc45)N[C@@]4(C(=O)Nc5ccc(Cl)cc54)[C@@H]3C2=O)cc1. The van der Waals surface area contributed by atoms with Gasteiger partial charge >= 0.3 is 5.97 Å². The zero-order valence-electron chi connectivity index (χ0n) is 21.9. The molecule has 41 heavy (non-hydrogen) atoms. The normalized spacial score (nSPS) is 24.7. The Morgan fingerprint density at radius 1 is 1.02 bits per heavy atom. The van der Waals surface area contributed by atoms with E-state index in [1.54, 1.807) is 37.3 Å². The molecule has 206 valence electrons. The Kier molecular flexibility index (Phi) is 5.78. The minimum atomic E-state index is -1.48. The van der Waals surface area contributed by atoms with Crippen molar-refractivity contribution >= 4 is 57.6 Å². The van der Waals surface area contributed by atoms with Crippen LogP contribution in [0.3, 0.4) is 0 Å². The number of H-pyrrole nitrogens is 1. The van der Waals surface area contributed by atoms with Crippen LogP contribution in [0.1, 0.15) is 28.4 Å². The summed E-state index contributed by atoms with van der Waals surface area (Å²) in [4.78, 5) is 58.8. The van der Waals surface area contributed by atoms with Crippen molar-refractivity contribution in [2.24, 2.45) is 11.8 Å². The van der Waals surface area contributed by atoms with Gasteiger partial charge in [0, 0.05) is 39.4 Å². The molecular weight excluding hydrogens is 544 g/mol. The van der Waals surface area contributed by atoms with Crippen molar-refractivity contribution in [1.82, 2.24) is 10.3 Å². The van der Waals surface area contributed by atoms with Crippen molar-refractivity contribution in [3.05, 3.63) is 94.6 Å². The average Bonchev–Trinajstić information content (AvgIpc) is 3.68. The topological polar surface area (TPSA) is 121 Å². The lowest BCUT2D eigenvalue weighted by molar-refractivity contribution is -0.130. The molecule has 0 saturated carbocycles. The van der Waals surface area contributed by atoms with Crippen LogP contribution in [0.15, 0.2) is 72.9 Å². The number of nitrogens with one attached hydrogen (secondary N) is 3. The van der Waals surface area contributed by atoms with E-state index in [1.807, 2.05) is 30.5 Å². The molecule has 3 aromatic carbocycles. The number of hydrogen-bond acceptors (Lipinski definition) is 6. The lowest BCUT2D eigenvalue weighted by Gasteiger charge is -2.29. The zero-order valence-corrected chi connectivity index (χ0v) is 22.7. The second kappa shape index (κ2) is 9.29. The largest absolute Gasteiger partial charge is 0.462 e. The number of amides is 3. The quantitative estimate of drug-likeness (QED) is 0.245. The van der Waals surface area contributed by atoms with E-state index >= 15 is 0 Å². The molecule has 4 aromatic rings. The number of rotatable bonds is 5. The van der Waals surface area contributed by atoms with Gasteiger partial charge in [0.25, 0.3) is 0 Å². The van der Waals surface area contributed by atoms with Gasteiger partial charge in [-0.3, -0.25) is 19.7 Å². The smallest absolute Gasteiger partial charge is 0.338 e. The Morgan fingerprint density at radius 3 is 2.59 bits per heavy atom. The lowest BCUT2D eigenvalue weighted by Crippen LogP contribution is -2.53. The number of hydrogen-bond donors (Lipinski definition) is 3. The van der Waals surface area contributed by atoms with Gasteiger partial charge in [-0.25, -0.2) is 9.69 Å². The number of aromatic amines is 1. The number of imide groups is 1. The van der Waals surface area contributed by atoms with Crippen LogP contribution in [0.5, 0.6) is 0 Å². The minimum absolute atomic E-state index is 0.230. The molecule has 10 heteroatoms. The van der Waals surface area contributed by atoms with Gasteiger partial charge in [0.2, 0.25) is 17.7 Å². The summed E-state index contributed by atoms with van der Waals surface area (Å²) in [7, 11) is 0. The summed E-state index contributed by atoms with van der Waals surface area (Å²) in [5, 5.41) is 7.79. The first-order valence-electron chi connectivity index (χ1n) is 13.4. The lowest BCUT2D eigenvalue weighted by atomic mass is 9.76. The number of para-hydroxylation sites is 1. The summed E-state index contributed by atoms with van der Waals surface area (Å²) in [5.41, 5.74) is 2.18. The van der Waals surface area contributed by atoms with Crippen molar-refractivity contribution < 1.29 is 23.9 Å². The van der Waals surface area contributed by atoms with E-state index in [-0.39, 0.29) is 6.61 Å². The van der Waals surface area contributed by atoms with E-state index in [2.05, 4.69) is 15.6 Å². The highest BCUT2D eigenvalue weighted by Gasteiger charge is 2.70. The van der Waals surface area contributed by atoms with Crippen LogP contribution < -0.4 is 15.5 Å². The molecule has 3 N–H and O–H groups in total. The van der Waals surface area contributed by atoms with Crippen LogP contribution in [-0.2, 0) is 31.1 Å². The van der Waals surface area contributed by atoms with Crippen LogP contribution in [0.25, 0.3) is 10.9 Å². The highest BCUT2D eigenvalue weighted by molar-refractivity contribution is 6.31. The number of carbonyl (C=O) groups is 4. The fourth-order valence-electron chi connectivity index (χ4n) is 6.70. The van der Waals surface area contributed by atoms with Gasteiger partial charge in [-0.15, -0.1) is 0 Å². The minimum Gasteiger partial charge on any atom is -0.462 e. The van der Waals surface area contributed by atoms with Crippen molar-refractivity contribution in [1.29, 1.82) is 0 Å². The van der Waals surface area contributed by atoms with Crippen molar-refractivity contribution in [3.8, 4) is 0 Å². The number of aromatic nitrogens is 1. The van der Waals surface area contributed by atoms with Crippen LogP contribution in [0.2, 0.25) is 5.02 Å². The molecule has 3 aliphatic rings. The first-order valence-corrected chi connectivity index (χ1v) is 13.8. The van der Waals surface area contributed by atoms with Crippen molar-refractivity contribution in [2.45, 2.75) is 24.9 Å². The van der Waals surface area contributed by atoms with Crippen molar-refractivity contribution in [2.75, 3.05) is 16.8 Å². The molecule has 9 nitrogen and oxygen atoms in total. The highest BCUT2D eigenvalue weighted by atomic mass is 35.5. The van der Waals surface area contributed by atoms with E-state index in [0.717, 1.165) is 21.4 Å². The van der Waals surface area contributed by atoms with Gasteiger partial charge in [-0.2, -0.15) is 0 Å². The van der Waals surface area contributed by atoms with Gasteiger partial charge < -0.3 is 15.0 Å². The van der Waals surface area contributed by atoms with Crippen LogP contribution in [0, 0.1) is 11.8 Å². The summed E-state index contributed by atoms with van der Waals surface area (Å²) in [6.45, 7) is 1.95. The molecule has 0 bridgehead atoms. The van der Waals surface area contributed by atoms with Crippen LogP contribution >= 0.6 is 11.6 Å². The monoisotopic (exact) mass is 568 g/mol. The maximum Gasteiger partial charge on any atom is 0.338 e. The molecule has 0 unspecified atom stereocenters. The molecular formula is C31H25ClN4O5. The predicted molar refractivity (Wildman–Crippen MR) is 153 cm³/mol. The highest BCUT2D eigenvalue weighted by Crippen LogP contribution is 2.54. The Bertz CT molecular complexity index is 1770. The molecule has 4 atom stereocenters. The van der Waals surface area contributed by atoms with Gasteiger partial charge in [-0.05, 0) is 67.4 Å². The summed E-state index contributed by atoms with van der Waals surface area (Å²) in [5.74, 6) is -3.60. The summed E-state index contributed by atoms with van der Waals surface area (Å²) < 4.78 is 5.06. The second-order valence-corrected chi connectivity index (χ2v) is 11.0. The second-order valence-electron chi connectivity index (χ2n) is 10.5. The predicted octanol–water partition coefficient (Wildman–Crippen LogP) is 4.17. The van der Waals surface area contributed by atoms with E-state index in [4.69, 9.17) is 16.3 Å². The molecule has 3 amide bonds. The molecule has 2 saturated heterocycles. The Balaban J connectivity index is 1.33. The molecule has 0 radical (unpaired) electrons. The summed E-state index contributed by atoms with van der Waals surface area (Å²) >= 11 is 6.37. The maximum absolute atomic E-state index is 14.2. The number of nitrogens with zero attached hydrogens (tertiary/aromatic N) is 1. The number of fused-ring (bicyclic) bond motifs is 5.